The van der Waals surface area contributed by atoms with Crippen molar-refractivity contribution in [2.24, 2.45) is 0 Å². The zero-order chi connectivity index (χ0) is 9.40. The van der Waals surface area contributed by atoms with Crippen LogP contribution in [0.25, 0.3) is 0 Å². The van der Waals surface area contributed by atoms with Gasteiger partial charge in [0, 0.05) is 11.9 Å². The Bertz CT molecular complexity index is 132. The van der Waals surface area contributed by atoms with Gasteiger partial charge in [0.1, 0.15) is 0 Å². The Kier molecular flexibility index (Phi) is 7.81. The summed E-state index contributed by atoms with van der Waals surface area (Å²) in [6.07, 6.45) is 3.84. The van der Waals surface area contributed by atoms with E-state index >= 15 is 0 Å². The highest BCUT2D eigenvalue weighted by Gasteiger charge is 2.05. The van der Waals surface area contributed by atoms with Crippen molar-refractivity contribution in [3.63, 3.8) is 0 Å². The first-order valence-electron chi connectivity index (χ1n) is 4.05. The van der Waals surface area contributed by atoms with Crippen LogP contribution in [0.4, 0.5) is 0 Å². The molecule has 0 aromatic carbocycles. The predicted octanol–water partition coefficient (Wildman–Crippen LogP) is 1.87. The van der Waals surface area contributed by atoms with Crippen LogP contribution in [0.5, 0.6) is 0 Å². The number of nitrogens with one attached hydrogen (secondary N) is 1. The van der Waals surface area contributed by atoms with Crippen LogP contribution in [-0.2, 0) is 4.79 Å². The van der Waals surface area contributed by atoms with Crippen molar-refractivity contribution in [2.45, 2.75) is 25.8 Å². The van der Waals surface area contributed by atoms with E-state index in [0.29, 0.717) is 11.6 Å². The van der Waals surface area contributed by atoms with Gasteiger partial charge in [-0.15, -0.1) is 11.6 Å². The Labute approximate surface area is 83.4 Å². The lowest BCUT2D eigenvalue weighted by Crippen LogP contribution is -2.33. The monoisotopic (exact) mass is 209 g/mol. The predicted molar refractivity (Wildman–Crippen MR) is 55.9 cm³/mol. The first kappa shape index (κ1) is 12.1. The summed E-state index contributed by atoms with van der Waals surface area (Å²) >= 11 is 7.06. The van der Waals surface area contributed by atoms with Crippen LogP contribution in [0.2, 0.25) is 0 Å². The van der Waals surface area contributed by atoms with Gasteiger partial charge in [0.2, 0.25) is 5.91 Å². The van der Waals surface area contributed by atoms with Gasteiger partial charge in [-0.1, -0.05) is 0 Å². The molecule has 0 aromatic rings. The molecule has 0 spiro atoms. The smallest absolute Gasteiger partial charge is 0.230 e. The quantitative estimate of drug-likeness (QED) is 0.677. The Morgan fingerprint density at radius 3 is 2.83 bits per heavy atom. The molecule has 0 aliphatic rings. The SMILES string of the molecule is CSCC(=O)NC(C)CCCCl. The van der Waals surface area contributed by atoms with E-state index in [1.807, 2.05) is 13.2 Å². The van der Waals surface area contributed by atoms with E-state index in [-0.39, 0.29) is 11.9 Å². The van der Waals surface area contributed by atoms with Gasteiger partial charge in [0.05, 0.1) is 5.75 Å². The Morgan fingerprint density at radius 2 is 2.33 bits per heavy atom. The lowest BCUT2D eigenvalue weighted by molar-refractivity contribution is -0.119. The largest absolute Gasteiger partial charge is 0.353 e. The molecule has 0 rings (SSSR count). The summed E-state index contributed by atoms with van der Waals surface area (Å²) in [7, 11) is 0. The van der Waals surface area contributed by atoms with Gasteiger partial charge in [0.25, 0.3) is 0 Å². The van der Waals surface area contributed by atoms with Crippen molar-refractivity contribution in [1.29, 1.82) is 0 Å². The van der Waals surface area contributed by atoms with E-state index in [4.69, 9.17) is 11.6 Å². The van der Waals surface area contributed by atoms with Crippen LogP contribution in [0.15, 0.2) is 0 Å². The summed E-state index contributed by atoms with van der Waals surface area (Å²) < 4.78 is 0. The highest BCUT2D eigenvalue weighted by atomic mass is 35.5. The summed E-state index contributed by atoms with van der Waals surface area (Å²) in [5, 5.41) is 2.90. The molecule has 0 aliphatic carbocycles. The Balaban J connectivity index is 3.40. The summed E-state index contributed by atoms with van der Waals surface area (Å²) in [5.74, 6) is 1.33. The minimum atomic E-state index is 0.115. The van der Waals surface area contributed by atoms with Gasteiger partial charge < -0.3 is 5.32 Å². The molecule has 1 N–H and O–H groups in total. The van der Waals surface area contributed by atoms with Gasteiger partial charge in [-0.05, 0) is 26.0 Å². The average Bonchev–Trinajstić information content (AvgIpc) is 2.01. The van der Waals surface area contributed by atoms with Crippen molar-refractivity contribution in [3.05, 3.63) is 0 Å². The maximum absolute atomic E-state index is 11.1. The second kappa shape index (κ2) is 7.74. The minimum Gasteiger partial charge on any atom is -0.353 e. The van der Waals surface area contributed by atoms with E-state index in [1.54, 1.807) is 0 Å². The molecule has 12 heavy (non-hydrogen) atoms. The first-order valence-corrected chi connectivity index (χ1v) is 5.97. The first-order chi connectivity index (χ1) is 5.70. The van der Waals surface area contributed by atoms with E-state index in [2.05, 4.69) is 5.32 Å². The van der Waals surface area contributed by atoms with E-state index < -0.39 is 0 Å². The number of amides is 1. The number of thioether (sulfide) groups is 1. The van der Waals surface area contributed by atoms with Gasteiger partial charge >= 0.3 is 0 Å². The third kappa shape index (κ3) is 6.80. The second-order valence-corrected chi connectivity index (χ2v) is 3.98. The number of hydrogen-bond acceptors (Lipinski definition) is 2. The van der Waals surface area contributed by atoms with E-state index in [0.717, 1.165) is 12.8 Å². The van der Waals surface area contributed by atoms with Crippen LogP contribution in [0, 0.1) is 0 Å². The highest BCUT2D eigenvalue weighted by molar-refractivity contribution is 7.99. The van der Waals surface area contributed by atoms with Crippen molar-refractivity contribution in [3.8, 4) is 0 Å². The number of rotatable bonds is 6. The fourth-order valence-corrected chi connectivity index (χ4v) is 1.40. The molecule has 0 bridgehead atoms. The van der Waals surface area contributed by atoms with Crippen molar-refractivity contribution < 1.29 is 4.79 Å². The van der Waals surface area contributed by atoms with Crippen molar-refractivity contribution in [1.82, 2.24) is 5.32 Å². The Hall–Kier alpha value is 0.110. The molecule has 0 fully saturated rings. The van der Waals surface area contributed by atoms with Crippen LogP contribution >= 0.6 is 23.4 Å². The van der Waals surface area contributed by atoms with Gasteiger partial charge in [0.15, 0.2) is 0 Å². The molecule has 72 valence electrons. The van der Waals surface area contributed by atoms with Crippen LogP contribution < -0.4 is 5.32 Å². The maximum Gasteiger partial charge on any atom is 0.230 e. The van der Waals surface area contributed by atoms with Crippen LogP contribution in [0.3, 0.4) is 0 Å². The minimum absolute atomic E-state index is 0.115. The zero-order valence-electron chi connectivity index (χ0n) is 7.60. The molecular formula is C8H16ClNOS. The molecular weight excluding hydrogens is 194 g/mol. The molecule has 4 heteroatoms. The molecule has 0 heterocycles. The number of carbonyl (C=O) groups is 1. The normalized spacial score (nSPS) is 12.6. The van der Waals surface area contributed by atoms with Gasteiger partial charge in [-0.3, -0.25) is 4.79 Å². The average molecular weight is 210 g/mol. The topological polar surface area (TPSA) is 29.1 Å². The molecule has 0 aliphatic heterocycles. The molecule has 2 nitrogen and oxygen atoms in total. The molecule has 1 atom stereocenters. The molecule has 0 saturated carbocycles. The Morgan fingerprint density at radius 1 is 1.67 bits per heavy atom. The van der Waals surface area contributed by atoms with Gasteiger partial charge in [-0.25, -0.2) is 0 Å². The van der Waals surface area contributed by atoms with E-state index in [9.17, 15) is 4.79 Å². The van der Waals surface area contributed by atoms with Crippen LogP contribution in [-0.4, -0.2) is 29.8 Å². The molecule has 1 unspecified atom stereocenters. The molecule has 1 amide bonds. The maximum atomic E-state index is 11.1. The highest BCUT2D eigenvalue weighted by Crippen LogP contribution is 1.98. The summed E-state index contributed by atoms with van der Waals surface area (Å²) in [5.41, 5.74) is 0. The lowest BCUT2D eigenvalue weighted by atomic mass is 10.2. The summed E-state index contributed by atoms with van der Waals surface area (Å²) in [6.45, 7) is 2.00. The molecule has 0 aromatic heterocycles. The zero-order valence-corrected chi connectivity index (χ0v) is 9.17. The summed E-state index contributed by atoms with van der Waals surface area (Å²) in [4.78, 5) is 11.1. The molecule has 0 radical (unpaired) electrons. The lowest BCUT2D eigenvalue weighted by Gasteiger charge is -2.12. The number of alkyl halides is 1. The fraction of sp³-hybridized carbons (Fsp3) is 0.875. The molecule has 0 saturated heterocycles. The standard InChI is InChI=1S/C8H16ClNOS/c1-7(4-3-5-9)10-8(11)6-12-2/h7H,3-6H2,1-2H3,(H,10,11). The van der Waals surface area contributed by atoms with Crippen molar-refractivity contribution >= 4 is 29.3 Å². The fourth-order valence-electron chi connectivity index (χ4n) is 0.903. The third-order valence-electron chi connectivity index (χ3n) is 1.45. The third-order valence-corrected chi connectivity index (χ3v) is 2.27. The van der Waals surface area contributed by atoms with Crippen LogP contribution in [0.1, 0.15) is 19.8 Å². The van der Waals surface area contributed by atoms with E-state index in [1.165, 1.54) is 11.8 Å². The number of carbonyl (C=O) groups excluding carboxylic acids is 1. The van der Waals surface area contributed by atoms with Gasteiger partial charge in [-0.2, -0.15) is 11.8 Å². The second-order valence-electron chi connectivity index (χ2n) is 2.73. The number of hydrogen-bond donors (Lipinski definition) is 1. The summed E-state index contributed by atoms with van der Waals surface area (Å²) in [6, 6.07) is 0.253. The van der Waals surface area contributed by atoms with Crippen molar-refractivity contribution in [2.75, 3.05) is 17.9 Å². The number of halogens is 1.